The van der Waals surface area contributed by atoms with E-state index in [4.69, 9.17) is 4.42 Å². The number of rotatable bonds is 6. The van der Waals surface area contributed by atoms with Crippen molar-refractivity contribution in [2.45, 2.75) is 11.7 Å². The number of nitrogens with one attached hydrogen (secondary N) is 1. The maximum atomic E-state index is 11.9. The Morgan fingerprint density at radius 2 is 2.13 bits per heavy atom. The average molecular weight is 392 g/mol. The lowest BCUT2D eigenvalue weighted by molar-refractivity contribution is -0.118. The van der Waals surface area contributed by atoms with Crippen molar-refractivity contribution < 1.29 is 9.21 Å². The highest BCUT2D eigenvalue weighted by Gasteiger charge is 2.09. The van der Waals surface area contributed by atoms with Crippen LogP contribution >= 0.6 is 27.7 Å². The van der Waals surface area contributed by atoms with Crippen LogP contribution in [0.2, 0.25) is 0 Å². The van der Waals surface area contributed by atoms with Gasteiger partial charge in [0, 0.05) is 22.6 Å². The zero-order chi connectivity index (χ0) is 16.1. The Morgan fingerprint density at radius 3 is 2.87 bits per heavy atom. The number of hydrogen-bond donors (Lipinski definition) is 1. The van der Waals surface area contributed by atoms with Crippen LogP contribution in [0, 0.1) is 0 Å². The summed E-state index contributed by atoms with van der Waals surface area (Å²) in [5.41, 5.74) is 1.00. The third-order valence-electron chi connectivity index (χ3n) is 3.08. The third-order valence-corrected chi connectivity index (χ3v) is 4.58. The Balaban J connectivity index is 1.57. The van der Waals surface area contributed by atoms with Gasteiger partial charge in [-0.15, -0.1) is 0 Å². The molecule has 23 heavy (non-hydrogen) atoms. The first-order valence-electron chi connectivity index (χ1n) is 6.93. The van der Waals surface area contributed by atoms with Crippen LogP contribution in [0.5, 0.6) is 0 Å². The van der Waals surface area contributed by atoms with Gasteiger partial charge in [0.15, 0.2) is 5.16 Å². The van der Waals surface area contributed by atoms with Crippen LogP contribution in [0.1, 0.15) is 5.76 Å². The summed E-state index contributed by atoms with van der Waals surface area (Å²) in [4.78, 5) is 16.2. The van der Waals surface area contributed by atoms with Gasteiger partial charge in [0.1, 0.15) is 5.76 Å². The molecule has 0 bridgehead atoms. The normalized spacial score (nSPS) is 10.7. The molecule has 1 aromatic carbocycles. The van der Waals surface area contributed by atoms with E-state index in [1.165, 1.54) is 11.8 Å². The van der Waals surface area contributed by atoms with E-state index in [-0.39, 0.29) is 5.91 Å². The fraction of sp³-hybridized carbons (Fsp3) is 0.125. The molecule has 0 fully saturated rings. The molecule has 0 saturated carbocycles. The van der Waals surface area contributed by atoms with Gasteiger partial charge in [-0.3, -0.25) is 9.36 Å². The van der Waals surface area contributed by atoms with E-state index in [1.54, 1.807) is 18.5 Å². The van der Waals surface area contributed by atoms with Crippen LogP contribution in [0.15, 0.2) is 69.1 Å². The van der Waals surface area contributed by atoms with E-state index in [0.717, 1.165) is 21.1 Å². The number of carbonyl (C=O) groups excluding carboxylic acids is 1. The van der Waals surface area contributed by atoms with E-state index in [0.29, 0.717) is 12.3 Å². The van der Waals surface area contributed by atoms with Crippen molar-refractivity contribution in [3.05, 3.63) is 65.3 Å². The average Bonchev–Trinajstić information content (AvgIpc) is 3.23. The largest absolute Gasteiger partial charge is 0.467 e. The molecule has 118 valence electrons. The summed E-state index contributed by atoms with van der Waals surface area (Å²) in [7, 11) is 0. The fourth-order valence-corrected chi connectivity index (χ4v) is 3.04. The number of halogens is 1. The summed E-state index contributed by atoms with van der Waals surface area (Å²) in [6.45, 7) is 0.396. The molecule has 3 aromatic rings. The molecular formula is C16H14BrN3O2S. The number of aromatic nitrogens is 2. The van der Waals surface area contributed by atoms with E-state index in [2.05, 4.69) is 26.2 Å². The molecule has 0 radical (unpaired) electrons. The molecule has 3 rings (SSSR count). The van der Waals surface area contributed by atoms with Crippen molar-refractivity contribution in [3.63, 3.8) is 0 Å². The van der Waals surface area contributed by atoms with E-state index in [9.17, 15) is 4.79 Å². The van der Waals surface area contributed by atoms with Crippen molar-refractivity contribution in [1.82, 2.24) is 14.9 Å². The summed E-state index contributed by atoms with van der Waals surface area (Å²) in [6.07, 6.45) is 5.20. The van der Waals surface area contributed by atoms with Crippen molar-refractivity contribution in [2.24, 2.45) is 0 Å². The van der Waals surface area contributed by atoms with Gasteiger partial charge >= 0.3 is 0 Å². The van der Waals surface area contributed by atoms with Crippen molar-refractivity contribution >= 4 is 33.6 Å². The second-order valence-corrected chi connectivity index (χ2v) is 6.56. The lowest BCUT2D eigenvalue weighted by Gasteiger charge is -2.07. The van der Waals surface area contributed by atoms with Crippen LogP contribution in [-0.2, 0) is 11.3 Å². The van der Waals surface area contributed by atoms with E-state index < -0.39 is 0 Å². The third kappa shape index (κ3) is 4.27. The maximum Gasteiger partial charge on any atom is 0.230 e. The smallest absolute Gasteiger partial charge is 0.230 e. The van der Waals surface area contributed by atoms with Crippen molar-refractivity contribution in [1.29, 1.82) is 0 Å². The summed E-state index contributed by atoms with van der Waals surface area (Å²) in [6, 6.07) is 11.6. The van der Waals surface area contributed by atoms with Gasteiger partial charge in [0.25, 0.3) is 0 Å². The Labute approximate surface area is 146 Å². The minimum absolute atomic E-state index is 0.0586. The number of thioether (sulfide) groups is 1. The Bertz CT molecular complexity index is 769. The maximum absolute atomic E-state index is 11.9. The SMILES string of the molecule is O=C(CSc1nccn1-c1ccc(Br)cc1)NCc1ccco1. The van der Waals surface area contributed by atoms with Crippen LogP contribution in [0.4, 0.5) is 0 Å². The molecule has 1 amide bonds. The molecule has 0 aliphatic rings. The topological polar surface area (TPSA) is 60.1 Å². The highest BCUT2D eigenvalue weighted by Crippen LogP contribution is 2.21. The van der Waals surface area contributed by atoms with E-state index >= 15 is 0 Å². The molecule has 0 saturated heterocycles. The lowest BCUT2D eigenvalue weighted by Crippen LogP contribution is -2.24. The molecule has 2 aromatic heterocycles. The van der Waals surface area contributed by atoms with Crippen LogP contribution in [0.3, 0.4) is 0 Å². The van der Waals surface area contributed by atoms with Gasteiger partial charge in [0.2, 0.25) is 5.91 Å². The minimum atomic E-state index is -0.0586. The Kier molecular flexibility index (Phi) is 5.19. The van der Waals surface area contributed by atoms with Gasteiger partial charge in [-0.05, 0) is 36.4 Å². The predicted molar refractivity (Wildman–Crippen MR) is 92.5 cm³/mol. The second-order valence-electron chi connectivity index (χ2n) is 4.70. The molecule has 0 spiro atoms. The molecule has 0 aliphatic carbocycles. The zero-order valence-electron chi connectivity index (χ0n) is 12.1. The molecule has 2 heterocycles. The molecule has 0 aliphatic heterocycles. The second kappa shape index (κ2) is 7.52. The Hall–Kier alpha value is -1.99. The number of benzene rings is 1. The first-order valence-corrected chi connectivity index (χ1v) is 8.71. The summed E-state index contributed by atoms with van der Waals surface area (Å²) in [5, 5.41) is 3.60. The van der Waals surface area contributed by atoms with Gasteiger partial charge in [0.05, 0.1) is 18.6 Å². The lowest BCUT2D eigenvalue weighted by atomic mass is 10.3. The number of hydrogen-bond acceptors (Lipinski definition) is 4. The Morgan fingerprint density at radius 1 is 1.30 bits per heavy atom. The van der Waals surface area contributed by atoms with Crippen molar-refractivity contribution in [2.75, 3.05) is 5.75 Å². The van der Waals surface area contributed by atoms with Gasteiger partial charge in [-0.2, -0.15) is 0 Å². The molecular weight excluding hydrogens is 378 g/mol. The highest BCUT2D eigenvalue weighted by atomic mass is 79.9. The quantitative estimate of drug-likeness (QED) is 0.651. The number of carbonyl (C=O) groups is 1. The van der Waals surface area contributed by atoms with Gasteiger partial charge in [-0.25, -0.2) is 4.98 Å². The number of imidazole rings is 1. The summed E-state index contributed by atoms with van der Waals surface area (Å²) < 4.78 is 8.16. The zero-order valence-corrected chi connectivity index (χ0v) is 14.5. The highest BCUT2D eigenvalue weighted by molar-refractivity contribution is 9.10. The molecule has 0 atom stereocenters. The van der Waals surface area contributed by atoms with Crippen LogP contribution in [0.25, 0.3) is 5.69 Å². The number of nitrogens with zero attached hydrogens (tertiary/aromatic N) is 2. The first-order chi connectivity index (χ1) is 11.2. The molecule has 7 heteroatoms. The fourth-order valence-electron chi connectivity index (χ4n) is 1.97. The number of furan rings is 1. The molecule has 1 N–H and O–H groups in total. The van der Waals surface area contributed by atoms with Crippen LogP contribution < -0.4 is 5.32 Å². The minimum Gasteiger partial charge on any atom is -0.467 e. The summed E-state index contributed by atoms with van der Waals surface area (Å²) >= 11 is 4.82. The first kappa shape index (κ1) is 15.9. The van der Waals surface area contributed by atoms with Crippen molar-refractivity contribution in [3.8, 4) is 5.69 Å². The number of amides is 1. The molecule has 0 unspecified atom stereocenters. The van der Waals surface area contributed by atoms with Gasteiger partial charge < -0.3 is 9.73 Å². The molecule has 5 nitrogen and oxygen atoms in total. The van der Waals surface area contributed by atoms with Crippen LogP contribution in [-0.4, -0.2) is 21.2 Å². The monoisotopic (exact) mass is 391 g/mol. The standard InChI is InChI=1S/C16H14BrN3O2S/c17-12-3-5-13(6-4-12)20-8-7-18-16(20)23-11-15(21)19-10-14-2-1-9-22-14/h1-9H,10-11H2,(H,19,21). The summed E-state index contributed by atoms with van der Waals surface area (Å²) in [5.74, 6) is 0.977. The predicted octanol–water partition coefficient (Wildman–Crippen LogP) is 3.64. The van der Waals surface area contributed by atoms with E-state index in [1.807, 2.05) is 41.1 Å². The van der Waals surface area contributed by atoms with Gasteiger partial charge in [-0.1, -0.05) is 27.7 Å².